The van der Waals surface area contributed by atoms with Crippen LogP contribution in [0.4, 0.5) is 11.4 Å². The van der Waals surface area contributed by atoms with Gasteiger partial charge < -0.3 is 30.9 Å². The molecule has 0 radical (unpaired) electrons. The molecule has 1 saturated heterocycles. The topological polar surface area (TPSA) is 126 Å². The lowest BCUT2D eigenvalue weighted by atomic mass is 9.98. The largest absolute Gasteiger partial charge is 0.397 e. The summed E-state index contributed by atoms with van der Waals surface area (Å²) in [4.78, 5) is 27.3. The van der Waals surface area contributed by atoms with Crippen LogP contribution in [0.5, 0.6) is 0 Å². The number of likely N-dealkylation sites (N-methyl/N-ethyl adjacent to an activating group) is 1. The Hall–Kier alpha value is -5.84. The minimum atomic E-state index is -0.555. The number of aliphatic hydroxyl groups excluding tert-OH is 1. The third-order valence-corrected chi connectivity index (χ3v) is 11.7. The number of unbranched alkanes of at least 4 members (excludes halogenated alkanes) is 3. The standard InChI is InChI=1S/C52H58N4O5/c1-36(43-29-26-39-13-7-8-14-45(39)31-43)56(2)34-46-32-49(41-22-20-37(35-57)21-23-41)61-52(60-46)42-27-24-40(25-28-42)44-15-11-12-38(30-44)33-54-50(58)18-5-3-4-6-19-51(59)55-48-17-10-9-16-47(48)53/h7-17,20-31,36,46,49,52,57H,3-6,18-19,32-35,53H2,1-2H3,(H,54,58)(H,55,59)/t36-,46+,49-,52-/m1/s1. The molecule has 0 unspecified atom stereocenters. The Bertz CT molecular complexity index is 2370. The van der Waals surface area contributed by atoms with Crippen LogP contribution in [0.1, 0.15) is 98.1 Å². The molecule has 0 spiro atoms. The number of ether oxygens (including phenoxy) is 2. The number of nitrogen functional groups attached to an aromatic ring is 1. The molecule has 2 amide bonds. The minimum Gasteiger partial charge on any atom is -0.397 e. The summed E-state index contributed by atoms with van der Waals surface area (Å²) >= 11 is 0. The maximum atomic E-state index is 12.7. The van der Waals surface area contributed by atoms with Crippen molar-refractivity contribution in [2.24, 2.45) is 0 Å². The molecule has 0 bridgehead atoms. The van der Waals surface area contributed by atoms with E-state index in [1.807, 2.05) is 48.5 Å². The normalized spacial score (nSPS) is 17.0. The quantitative estimate of drug-likeness (QED) is 0.0503. The van der Waals surface area contributed by atoms with Crippen molar-refractivity contribution >= 4 is 34.0 Å². The maximum absolute atomic E-state index is 12.7. The van der Waals surface area contributed by atoms with Gasteiger partial charge in [0.05, 0.1) is 30.2 Å². The smallest absolute Gasteiger partial charge is 0.224 e. The average Bonchev–Trinajstić information content (AvgIpc) is 3.29. The van der Waals surface area contributed by atoms with E-state index in [0.717, 1.165) is 65.6 Å². The van der Waals surface area contributed by atoms with Crippen LogP contribution in [0.25, 0.3) is 21.9 Å². The zero-order valence-electron chi connectivity index (χ0n) is 35.3. The van der Waals surface area contributed by atoms with Gasteiger partial charge in [0, 0.05) is 44.0 Å². The van der Waals surface area contributed by atoms with Crippen LogP contribution >= 0.6 is 0 Å². The number of hydrogen-bond acceptors (Lipinski definition) is 7. The number of para-hydroxylation sites is 2. The molecule has 9 nitrogen and oxygen atoms in total. The van der Waals surface area contributed by atoms with E-state index in [4.69, 9.17) is 15.2 Å². The average molecular weight is 819 g/mol. The van der Waals surface area contributed by atoms with Gasteiger partial charge in [-0.1, -0.05) is 128 Å². The van der Waals surface area contributed by atoms with Crippen LogP contribution in [-0.4, -0.2) is 41.5 Å². The number of nitrogens with zero attached hydrogens (tertiary/aromatic N) is 1. The number of rotatable bonds is 18. The van der Waals surface area contributed by atoms with Crippen LogP contribution in [0.3, 0.4) is 0 Å². The third kappa shape index (κ3) is 11.9. The van der Waals surface area contributed by atoms with Crippen molar-refractivity contribution in [2.75, 3.05) is 24.6 Å². The number of anilines is 2. The molecule has 5 N–H and O–H groups in total. The van der Waals surface area contributed by atoms with Gasteiger partial charge in [-0.15, -0.1) is 0 Å². The summed E-state index contributed by atoms with van der Waals surface area (Å²) in [5.74, 6) is -0.0252. The van der Waals surface area contributed by atoms with Gasteiger partial charge in [0.1, 0.15) is 0 Å². The van der Waals surface area contributed by atoms with E-state index in [1.54, 1.807) is 12.1 Å². The van der Waals surface area contributed by atoms with E-state index in [-0.39, 0.29) is 36.7 Å². The Labute approximate surface area is 359 Å². The molecule has 316 valence electrons. The molecule has 1 heterocycles. The zero-order chi connectivity index (χ0) is 42.6. The summed E-state index contributed by atoms with van der Waals surface area (Å²) in [7, 11) is 2.16. The van der Waals surface area contributed by atoms with Crippen molar-refractivity contribution in [3.63, 3.8) is 0 Å². The van der Waals surface area contributed by atoms with E-state index < -0.39 is 6.29 Å². The second-order valence-corrected chi connectivity index (χ2v) is 16.2. The lowest BCUT2D eigenvalue weighted by molar-refractivity contribution is -0.253. The first kappa shape index (κ1) is 43.3. The van der Waals surface area contributed by atoms with Gasteiger partial charge in [0.2, 0.25) is 11.8 Å². The van der Waals surface area contributed by atoms with Gasteiger partial charge in [-0.25, -0.2) is 0 Å². The minimum absolute atomic E-state index is 0.000289. The van der Waals surface area contributed by atoms with E-state index in [0.29, 0.717) is 37.2 Å². The molecule has 61 heavy (non-hydrogen) atoms. The van der Waals surface area contributed by atoms with Crippen molar-refractivity contribution in [1.29, 1.82) is 0 Å². The molecule has 9 heteroatoms. The summed E-state index contributed by atoms with van der Waals surface area (Å²) in [6.07, 6.45) is 4.08. The summed E-state index contributed by atoms with van der Waals surface area (Å²) in [5, 5.41) is 18.1. The Balaban J connectivity index is 0.919. The Morgan fingerprint density at radius 1 is 0.721 bits per heavy atom. The number of carbonyl (C=O) groups excluding carboxylic acids is 2. The lowest BCUT2D eigenvalue weighted by Crippen LogP contribution is -2.38. The molecule has 0 aliphatic carbocycles. The molecular weight excluding hydrogens is 761 g/mol. The second-order valence-electron chi connectivity index (χ2n) is 16.2. The van der Waals surface area contributed by atoms with Crippen molar-refractivity contribution in [3.8, 4) is 11.1 Å². The maximum Gasteiger partial charge on any atom is 0.224 e. The predicted octanol–water partition coefficient (Wildman–Crippen LogP) is 10.4. The van der Waals surface area contributed by atoms with Crippen molar-refractivity contribution in [1.82, 2.24) is 10.2 Å². The van der Waals surface area contributed by atoms with E-state index in [1.165, 1.54) is 16.3 Å². The highest BCUT2D eigenvalue weighted by molar-refractivity contribution is 5.93. The molecule has 1 aliphatic heterocycles. The number of aliphatic hydroxyl groups is 1. The van der Waals surface area contributed by atoms with Crippen molar-refractivity contribution in [3.05, 3.63) is 167 Å². The molecule has 0 aromatic heterocycles. The summed E-state index contributed by atoms with van der Waals surface area (Å²) in [6, 6.07) is 47.2. The van der Waals surface area contributed by atoms with Crippen LogP contribution < -0.4 is 16.4 Å². The van der Waals surface area contributed by atoms with Gasteiger partial charge in [0.25, 0.3) is 0 Å². The molecule has 1 aliphatic rings. The first-order valence-corrected chi connectivity index (χ1v) is 21.5. The number of nitrogens with one attached hydrogen (secondary N) is 2. The lowest BCUT2D eigenvalue weighted by Gasteiger charge is -2.39. The number of fused-ring (bicyclic) bond motifs is 1. The molecule has 7 rings (SSSR count). The highest BCUT2D eigenvalue weighted by Crippen LogP contribution is 2.39. The fraction of sp³-hybridized carbons (Fsp3) is 0.308. The number of benzene rings is 6. The fourth-order valence-corrected chi connectivity index (χ4v) is 7.97. The van der Waals surface area contributed by atoms with Gasteiger partial charge >= 0.3 is 0 Å². The summed E-state index contributed by atoms with van der Waals surface area (Å²) in [5.41, 5.74) is 14.4. The van der Waals surface area contributed by atoms with E-state index >= 15 is 0 Å². The first-order chi connectivity index (χ1) is 29.7. The molecule has 4 atom stereocenters. The summed E-state index contributed by atoms with van der Waals surface area (Å²) in [6.45, 7) is 3.42. The second kappa shape index (κ2) is 21.1. The Morgan fingerprint density at radius 3 is 2.18 bits per heavy atom. The number of hydrogen-bond donors (Lipinski definition) is 4. The highest BCUT2D eigenvalue weighted by Gasteiger charge is 2.33. The van der Waals surface area contributed by atoms with Crippen LogP contribution in [-0.2, 0) is 32.2 Å². The molecular formula is C52H58N4O5. The van der Waals surface area contributed by atoms with Gasteiger partial charge in [-0.05, 0) is 95.2 Å². The van der Waals surface area contributed by atoms with E-state index in [9.17, 15) is 14.7 Å². The monoisotopic (exact) mass is 818 g/mol. The van der Waals surface area contributed by atoms with Crippen molar-refractivity contribution < 1.29 is 24.2 Å². The fourth-order valence-electron chi connectivity index (χ4n) is 7.97. The molecule has 6 aromatic carbocycles. The van der Waals surface area contributed by atoms with Crippen LogP contribution in [0, 0.1) is 0 Å². The molecule has 0 saturated carbocycles. The Kier molecular flexibility index (Phi) is 15.0. The molecule has 6 aromatic rings. The zero-order valence-corrected chi connectivity index (χ0v) is 35.3. The number of nitrogens with two attached hydrogens (primary N) is 1. The first-order valence-electron chi connectivity index (χ1n) is 21.5. The highest BCUT2D eigenvalue weighted by atomic mass is 16.7. The third-order valence-electron chi connectivity index (χ3n) is 11.7. The summed E-state index contributed by atoms with van der Waals surface area (Å²) < 4.78 is 13.4. The predicted molar refractivity (Wildman–Crippen MR) is 244 cm³/mol. The van der Waals surface area contributed by atoms with Crippen molar-refractivity contribution in [2.45, 2.75) is 89.6 Å². The molecule has 1 fully saturated rings. The number of carbonyl (C=O) groups is 2. The SMILES string of the molecule is C[C@H](c1ccc2ccccc2c1)N(C)C[C@@H]1C[C@H](c2ccc(CO)cc2)O[C@H](c2ccc(-c3cccc(CNC(=O)CCCCCCC(=O)Nc4ccccc4N)c3)cc2)O1. The Morgan fingerprint density at radius 2 is 1.43 bits per heavy atom. The number of amides is 2. The van der Waals surface area contributed by atoms with Gasteiger partial charge in [-0.2, -0.15) is 0 Å². The van der Waals surface area contributed by atoms with Crippen LogP contribution in [0.2, 0.25) is 0 Å². The van der Waals surface area contributed by atoms with E-state index in [2.05, 4.69) is 108 Å². The van der Waals surface area contributed by atoms with Crippen LogP contribution in [0.15, 0.2) is 140 Å². The van der Waals surface area contributed by atoms with Gasteiger partial charge in [-0.3, -0.25) is 14.5 Å². The van der Waals surface area contributed by atoms with Gasteiger partial charge in [0.15, 0.2) is 6.29 Å².